The lowest BCUT2D eigenvalue weighted by atomic mass is 10.0. The summed E-state index contributed by atoms with van der Waals surface area (Å²) in [6.45, 7) is 4.15. The Kier molecular flexibility index (Phi) is 4.30. The van der Waals surface area contributed by atoms with Gasteiger partial charge in [-0.05, 0) is 36.1 Å². The number of carbonyl (C=O) groups is 1. The first-order chi connectivity index (χ1) is 9.20. The third kappa shape index (κ3) is 3.41. The van der Waals surface area contributed by atoms with E-state index < -0.39 is 0 Å². The molecular formula is C18H18O. The Morgan fingerprint density at radius 3 is 2.37 bits per heavy atom. The summed E-state index contributed by atoms with van der Waals surface area (Å²) in [6.07, 6.45) is 4.52. The van der Waals surface area contributed by atoms with Crippen molar-refractivity contribution in [3.63, 3.8) is 0 Å². The summed E-state index contributed by atoms with van der Waals surface area (Å²) in [5, 5.41) is 0. The van der Waals surface area contributed by atoms with Crippen molar-refractivity contribution in [3.8, 4) is 0 Å². The molecule has 1 heteroatoms. The van der Waals surface area contributed by atoms with Crippen LogP contribution in [0.15, 0.2) is 54.6 Å². The monoisotopic (exact) mass is 250 g/mol. The molecule has 0 aliphatic carbocycles. The van der Waals surface area contributed by atoms with Gasteiger partial charge < -0.3 is 0 Å². The van der Waals surface area contributed by atoms with Crippen molar-refractivity contribution in [2.75, 3.05) is 0 Å². The van der Waals surface area contributed by atoms with Crippen LogP contribution in [0.1, 0.15) is 34.0 Å². The van der Waals surface area contributed by atoms with E-state index in [-0.39, 0.29) is 5.78 Å². The van der Waals surface area contributed by atoms with Gasteiger partial charge in [0, 0.05) is 5.56 Å². The Bertz CT molecular complexity index is 591. The highest BCUT2D eigenvalue weighted by atomic mass is 16.1. The number of allylic oxidation sites excluding steroid dienone is 1. The molecule has 0 radical (unpaired) electrons. The molecule has 0 heterocycles. The van der Waals surface area contributed by atoms with E-state index >= 15 is 0 Å². The van der Waals surface area contributed by atoms with Crippen LogP contribution in [-0.2, 0) is 6.42 Å². The molecule has 2 rings (SSSR count). The Hall–Kier alpha value is -2.15. The number of carbonyl (C=O) groups excluding carboxylic acids is 1. The molecule has 19 heavy (non-hydrogen) atoms. The Labute approximate surface area is 114 Å². The number of aryl methyl sites for hydroxylation is 2. The fraction of sp³-hybridized carbons (Fsp3) is 0.167. The molecule has 0 spiro atoms. The average Bonchev–Trinajstić information content (AvgIpc) is 2.46. The largest absolute Gasteiger partial charge is 0.289 e. The van der Waals surface area contributed by atoms with Crippen molar-refractivity contribution < 1.29 is 4.79 Å². The minimum absolute atomic E-state index is 0.0471. The summed E-state index contributed by atoms with van der Waals surface area (Å²) < 4.78 is 0. The van der Waals surface area contributed by atoms with Crippen LogP contribution in [0.4, 0.5) is 0 Å². The van der Waals surface area contributed by atoms with Gasteiger partial charge in [0.05, 0.1) is 0 Å². The predicted molar refractivity (Wildman–Crippen MR) is 80.4 cm³/mol. The van der Waals surface area contributed by atoms with E-state index in [0.29, 0.717) is 0 Å². The number of benzene rings is 2. The zero-order chi connectivity index (χ0) is 13.7. The Balaban J connectivity index is 2.14. The molecule has 0 atom stereocenters. The maximum absolute atomic E-state index is 12.0. The zero-order valence-electron chi connectivity index (χ0n) is 11.4. The van der Waals surface area contributed by atoms with Gasteiger partial charge >= 0.3 is 0 Å². The highest BCUT2D eigenvalue weighted by Crippen LogP contribution is 2.11. The van der Waals surface area contributed by atoms with Crippen LogP contribution in [0.25, 0.3) is 6.08 Å². The molecule has 0 aliphatic rings. The van der Waals surface area contributed by atoms with Crippen LogP contribution in [0.3, 0.4) is 0 Å². The lowest BCUT2D eigenvalue weighted by molar-refractivity contribution is 0.104. The van der Waals surface area contributed by atoms with Crippen molar-refractivity contribution in [2.24, 2.45) is 0 Å². The molecule has 0 unspecified atom stereocenters. The summed E-state index contributed by atoms with van der Waals surface area (Å²) in [6, 6.07) is 15.8. The van der Waals surface area contributed by atoms with Crippen LogP contribution in [0, 0.1) is 6.92 Å². The van der Waals surface area contributed by atoms with Crippen molar-refractivity contribution in [3.05, 3.63) is 76.9 Å². The van der Waals surface area contributed by atoms with Gasteiger partial charge in [-0.3, -0.25) is 4.79 Å². The Morgan fingerprint density at radius 1 is 1.05 bits per heavy atom. The summed E-state index contributed by atoms with van der Waals surface area (Å²) in [5.41, 5.74) is 4.25. The molecule has 0 fully saturated rings. The van der Waals surface area contributed by atoms with Crippen LogP contribution >= 0.6 is 0 Å². The number of hydrogen-bond acceptors (Lipinski definition) is 1. The quantitative estimate of drug-likeness (QED) is 0.578. The van der Waals surface area contributed by atoms with E-state index in [1.165, 1.54) is 11.1 Å². The van der Waals surface area contributed by atoms with Crippen molar-refractivity contribution in [1.82, 2.24) is 0 Å². The third-order valence-electron chi connectivity index (χ3n) is 3.25. The van der Waals surface area contributed by atoms with Gasteiger partial charge in [-0.1, -0.05) is 61.5 Å². The molecule has 96 valence electrons. The summed E-state index contributed by atoms with van der Waals surface area (Å²) >= 11 is 0. The molecule has 0 amide bonds. The topological polar surface area (TPSA) is 17.1 Å². The van der Waals surface area contributed by atoms with E-state index in [0.717, 1.165) is 17.5 Å². The van der Waals surface area contributed by atoms with Gasteiger partial charge in [0.1, 0.15) is 0 Å². The van der Waals surface area contributed by atoms with E-state index in [9.17, 15) is 4.79 Å². The van der Waals surface area contributed by atoms with Gasteiger partial charge in [-0.2, -0.15) is 0 Å². The molecule has 0 aliphatic heterocycles. The number of hydrogen-bond donors (Lipinski definition) is 0. The van der Waals surface area contributed by atoms with Crippen LogP contribution in [0.2, 0.25) is 0 Å². The normalized spacial score (nSPS) is 10.8. The molecule has 0 saturated heterocycles. The molecule has 2 aromatic carbocycles. The van der Waals surface area contributed by atoms with E-state index in [2.05, 4.69) is 6.92 Å². The van der Waals surface area contributed by atoms with Crippen LogP contribution < -0.4 is 0 Å². The lowest BCUT2D eigenvalue weighted by Crippen LogP contribution is -1.94. The fourth-order valence-corrected chi connectivity index (χ4v) is 1.94. The smallest absolute Gasteiger partial charge is 0.185 e. The van der Waals surface area contributed by atoms with Crippen molar-refractivity contribution in [2.45, 2.75) is 20.3 Å². The van der Waals surface area contributed by atoms with Gasteiger partial charge in [0.15, 0.2) is 5.78 Å². The maximum Gasteiger partial charge on any atom is 0.185 e. The van der Waals surface area contributed by atoms with Crippen molar-refractivity contribution >= 4 is 11.9 Å². The average molecular weight is 250 g/mol. The summed E-state index contributed by atoms with van der Waals surface area (Å²) in [4.78, 5) is 12.0. The summed E-state index contributed by atoms with van der Waals surface area (Å²) in [7, 11) is 0. The molecule has 2 aromatic rings. The summed E-state index contributed by atoms with van der Waals surface area (Å²) in [5.74, 6) is 0.0471. The van der Waals surface area contributed by atoms with Gasteiger partial charge in [-0.25, -0.2) is 0 Å². The predicted octanol–water partition coefficient (Wildman–Crippen LogP) is 4.45. The van der Waals surface area contributed by atoms with E-state index in [1.54, 1.807) is 6.08 Å². The third-order valence-corrected chi connectivity index (χ3v) is 3.25. The molecule has 0 saturated carbocycles. The fourth-order valence-electron chi connectivity index (χ4n) is 1.94. The van der Waals surface area contributed by atoms with Gasteiger partial charge in [0.2, 0.25) is 0 Å². The van der Waals surface area contributed by atoms with Crippen molar-refractivity contribution in [1.29, 1.82) is 0 Å². The van der Waals surface area contributed by atoms with Crippen LogP contribution in [0.5, 0.6) is 0 Å². The highest BCUT2D eigenvalue weighted by Gasteiger charge is 2.01. The molecule has 1 nitrogen and oxygen atoms in total. The molecule has 0 bridgehead atoms. The zero-order valence-corrected chi connectivity index (χ0v) is 11.4. The number of rotatable bonds is 4. The first-order valence-corrected chi connectivity index (χ1v) is 6.57. The highest BCUT2D eigenvalue weighted by molar-refractivity contribution is 6.06. The molecule has 0 aromatic heterocycles. The molecule has 0 N–H and O–H groups in total. The standard InChI is InChI=1S/C18H18O/c1-3-15-8-10-17(11-9-15)18(19)13-12-16-7-5-4-6-14(16)2/h4-13H,3H2,1-2H3. The minimum atomic E-state index is 0.0471. The second-order valence-electron chi connectivity index (χ2n) is 4.60. The van der Waals surface area contributed by atoms with Gasteiger partial charge in [0.25, 0.3) is 0 Å². The van der Waals surface area contributed by atoms with E-state index in [4.69, 9.17) is 0 Å². The lowest BCUT2D eigenvalue weighted by Gasteiger charge is -2.00. The second kappa shape index (κ2) is 6.14. The SMILES string of the molecule is CCc1ccc(C(=O)C=Cc2ccccc2C)cc1. The first-order valence-electron chi connectivity index (χ1n) is 6.57. The second-order valence-corrected chi connectivity index (χ2v) is 4.60. The number of ketones is 1. The van der Waals surface area contributed by atoms with Gasteiger partial charge in [-0.15, -0.1) is 0 Å². The first kappa shape index (κ1) is 13.3. The molecular weight excluding hydrogens is 232 g/mol. The van der Waals surface area contributed by atoms with E-state index in [1.807, 2.05) is 61.5 Å². The minimum Gasteiger partial charge on any atom is -0.289 e. The maximum atomic E-state index is 12.0. The van der Waals surface area contributed by atoms with Crippen LogP contribution in [-0.4, -0.2) is 5.78 Å². The Morgan fingerprint density at radius 2 is 1.74 bits per heavy atom.